The summed E-state index contributed by atoms with van der Waals surface area (Å²) in [6.07, 6.45) is 2.95. The molecule has 0 saturated heterocycles. The van der Waals surface area contributed by atoms with Crippen molar-refractivity contribution in [3.8, 4) is 0 Å². The van der Waals surface area contributed by atoms with E-state index in [-0.39, 0.29) is 16.9 Å². The molecule has 0 aromatic carbocycles. The van der Waals surface area contributed by atoms with Gasteiger partial charge in [-0.2, -0.15) is 0 Å². The second-order valence-corrected chi connectivity index (χ2v) is 6.21. The van der Waals surface area contributed by atoms with Gasteiger partial charge in [0.25, 0.3) is 0 Å². The smallest absolute Gasteiger partial charge is 0.306 e. The largest absolute Gasteiger partial charge is 0.461 e. The van der Waals surface area contributed by atoms with Crippen LogP contribution in [0.25, 0.3) is 0 Å². The van der Waals surface area contributed by atoms with Gasteiger partial charge < -0.3 is 14.2 Å². The SMILES string of the molecule is CCCC(=O)O[C@@H]1C[C@H]2[C@H](CC2(OC)OC)[C@H]1Br. The molecule has 0 radical (unpaired) electrons. The van der Waals surface area contributed by atoms with Crippen LogP contribution >= 0.6 is 15.9 Å². The normalized spacial score (nSPS) is 36.9. The van der Waals surface area contributed by atoms with Gasteiger partial charge in [0.2, 0.25) is 0 Å². The zero-order chi connectivity index (χ0) is 13.3. The van der Waals surface area contributed by atoms with Crippen molar-refractivity contribution in [3.63, 3.8) is 0 Å². The fourth-order valence-corrected chi connectivity index (χ4v) is 4.11. The summed E-state index contributed by atoms with van der Waals surface area (Å²) in [7, 11) is 3.36. The Morgan fingerprint density at radius 2 is 2.06 bits per heavy atom. The van der Waals surface area contributed by atoms with E-state index in [1.54, 1.807) is 14.2 Å². The second kappa shape index (κ2) is 5.47. The van der Waals surface area contributed by atoms with E-state index in [0.29, 0.717) is 18.3 Å². The molecular weight excluding hydrogens is 300 g/mol. The molecule has 0 aliphatic heterocycles. The molecule has 2 saturated carbocycles. The molecule has 2 fully saturated rings. The highest BCUT2D eigenvalue weighted by molar-refractivity contribution is 9.09. The van der Waals surface area contributed by atoms with Crippen LogP contribution in [0.1, 0.15) is 32.6 Å². The minimum absolute atomic E-state index is 0.0498. The van der Waals surface area contributed by atoms with Gasteiger partial charge in [-0.25, -0.2) is 0 Å². The van der Waals surface area contributed by atoms with E-state index in [4.69, 9.17) is 14.2 Å². The molecule has 4 nitrogen and oxygen atoms in total. The fraction of sp³-hybridized carbons (Fsp3) is 0.923. The zero-order valence-electron chi connectivity index (χ0n) is 11.1. The van der Waals surface area contributed by atoms with Crippen molar-refractivity contribution in [2.24, 2.45) is 11.8 Å². The van der Waals surface area contributed by atoms with Crippen LogP contribution < -0.4 is 0 Å². The van der Waals surface area contributed by atoms with E-state index < -0.39 is 5.79 Å². The summed E-state index contributed by atoms with van der Waals surface area (Å²) in [6, 6.07) is 0. The Labute approximate surface area is 116 Å². The van der Waals surface area contributed by atoms with E-state index in [0.717, 1.165) is 19.3 Å². The highest BCUT2D eigenvalue weighted by Crippen LogP contribution is 2.58. The topological polar surface area (TPSA) is 44.8 Å². The fourth-order valence-electron chi connectivity index (χ4n) is 3.23. The Balaban J connectivity index is 1.96. The third-order valence-electron chi connectivity index (χ3n) is 4.28. The molecule has 0 heterocycles. The van der Waals surface area contributed by atoms with Crippen LogP contribution in [0.4, 0.5) is 0 Å². The summed E-state index contributed by atoms with van der Waals surface area (Å²) in [5.41, 5.74) is 0. The standard InChI is InChI=1S/C13H21BrO4/c1-4-5-11(15)18-10-6-9-8(12(10)14)7-13(9,16-2)17-3/h8-10,12H,4-7H2,1-3H3/t8-,9-,10+,12+/m0/s1. The molecule has 0 amide bonds. The molecule has 0 aromatic heterocycles. The predicted octanol–water partition coefficient (Wildman–Crippen LogP) is 2.49. The van der Waals surface area contributed by atoms with Crippen LogP contribution in [0.3, 0.4) is 0 Å². The predicted molar refractivity (Wildman–Crippen MR) is 70.5 cm³/mol. The van der Waals surface area contributed by atoms with Crippen molar-refractivity contribution in [1.29, 1.82) is 0 Å². The summed E-state index contributed by atoms with van der Waals surface area (Å²) in [5.74, 6) is 0.220. The lowest BCUT2D eigenvalue weighted by Crippen LogP contribution is -2.55. The number of hydrogen-bond acceptors (Lipinski definition) is 4. The number of rotatable bonds is 5. The van der Waals surface area contributed by atoms with Crippen LogP contribution in [-0.2, 0) is 19.0 Å². The van der Waals surface area contributed by atoms with Crippen molar-refractivity contribution in [3.05, 3.63) is 0 Å². The summed E-state index contributed by atoms with van der Waals surface area (Å²) in [4.78, 5) is 11.8. The molecule has 0 aromatic rings. The van der Waals surface area contributed by atoms with E-state index in [2.05, 4.69) is 15.9 Å². The van der Waals surface area contributed by atoms with E-state index in [1.165, 1.54) is 0 Å². The highest BCUT2D eigenvalue weighted by atomic mass is 79.9. The van der Waals surface area contributed by atoms with Gasteiger partial charge in [0, 0.05) is 33.0 Å². The molecule has 2 aliphatic rings. The Hall–Kier alpha value is -0.130. The average molecular weight is 321 g/mol. The number of hydrogen-bond donors (Lipinski definition) is 0. The Bertz CT molecular complexity index is 316. The number of carbonyl (C=O) groups excluding carboxylic acids is 1. The van der Waals surface area contributed by atoms with Gasteiger partial charge in [0.1, 0.15) is 6.10 Å². The first kappa shape index (κ1) is 14.3. The van der Waals surface area contributed by atoms with Gasteiger partial charge in [0.15, 0.2) is 5.79 Å². The first-order valence-electron chi connectivity index (χ1n) is 6.51. The van der Waals surface area contributed by atoms with Crippen molar-refractivity contribution in [2.75, 3.05) is 14.2 Å². The summed E-state index contributed by atoms with van der Waals surface area (Å²) in [5, 5.41) is 0. The van der Waals surface area contributed by atoms with Gasteiger partial charge in [-0.3, -0.25) is 4.79 Å². The Morgan fingerprint density at radius 1 is 1.39 bits per heavy atom. The molecule has 0 unspecified atom stereocenters. The second-order valence-electron chi connectivity index (χ2n) is 5.15. The monoisotopic (exact) mass is 320 g/mol. The van der Waals surface area contributed by atoms with Gasteiger partial charge >= 0.3 is 5.97 Å². The van der Waals surface area contributed by atoms with Crippen LogP contribution in [-0.4, -0.2) is 36.9 Å². The van der Waals surface area contributed by atoms with E-state index >= 15 is 0 Å². The van der Waals surface area contributed by atoms with Gasteiger partial charge in [-0.05, 0) is 18.8 Å². The number of methoxy groups -OCH3 is 2. The summed E-state index contributed by atoms with van der Waals surface area (Å²) in [6.45, 7) is 1.98. The summed E-state index contributed by atoms with van der Waals surface area (Å²) >= 11 is 3.66. The molecule has 0 bridgehead atoms. The molecule has 5 heteroatoms. The number of alkyl halides is 1. The molecule has 18 heavy (non-hydrogen) atoms. The van der Waals surface area contributed by atoms with Crippen LogP contribution in [0, 0.1) is 11.8 Å². The van der Waals surface area contributed by atoms with Crippen molar-refractivity contribution < 1.29 is 19.0 Å². The lowest BCUT2D eigenvalue weighted by molar-refractivity contribution is -0.302. The zero-order valence-corrected chi connectivity index (χ0v) is 12.7. The maximum Gasteiger partial charge on any atom is 0.306 e. The minimum Gasteiger partial charge on any atom is -0.461 e. The minimum atomic E-state index is -0.470. The van der Waals surface area contributed by atoms with Crippen molar-refractivity contribution >= 4 is 21.9 Å². The number of carbonyl (C=O) groups is 1. The van der Waals surface area contributed by atoms with E-state index in [9.17, 15) is 4.79 Å². The highest BCUT2D eigenvalue weighted by Gasteiger charge is 2.63. The molecule has 104 valence electrons. The lowest BCUT2D eigenvalue weighted by atomic mass is 9.70. The van der Waals surface area contributed by atoms with Crippen LogP contribution in [0.2, 0.25) is 0 Å². The number of fused-ring (bicyclic) bond motifs is 1. The van der Waals surface area contributed by atoms with Crippen LogP contribution in [0.15, 0.2) is 0 Å². The molecular formula is C13H21BrO4. The maximum absolute atomic E-state index is 11.6. The quantitative estimate of drug-likeness (QED) is 0.443. The Kier molecular flexibility index (Phi) is 4.34. The van der Waals surface area contributed by atoms with Gasteiger partial charge in [-0.15, -0.1) is 0 Å². The summed E-state index contributed by atoms with van der Waals surface area (Å²) < 4.78 is 16.5. The lowest BCUT2D eigenvalue weighted by Gasteiger charge is -2.50. The molecule has 2 rings (SSSR count). The van der Waals surface area contributed by atoms with Crippen molar-refractivity contribution in [1.82, 2.24) is 0 Å². The third-order valence-corrected chi connectivity index (χ3v) is 5.55. The first-order valence-corrected chi connectivity index (χ1v) is 7.43. The molecule has 0 N–H and O–H groups in total. The molecule has 0 spiro atoms. The number of ether oxygens (including phenoxy) is 3. The number of esters is 1. The molecule has 4 atom stereocenters. The van der Waals surface area contributed by atoms with Gasteiger partial charge in [-0.1, -0.05) is 22.9 Å². The van der Waals surface area contributed by atoms with Crippen molar-refractivity contribution in [2.45, 2.75) is 49.3 Å². The first-order chi connectivity index (χ1) is 8.57. The number of halogens is 1. The maximum atomic E-state index is 11.6. The van der Waals surface area contributed by atoms with Gasteiger partial charge in [0.05, 0.1) is 4.83 Å². The average Bonchev–Trinajstić information content (AvgIpc) is 2.57. The third kappa shape index (κ3) is 2.21. The Morgan fingerprint density at radius 3 is 2.61 bits per heavy atom. The molecule has 2 aliphatic carbocycles. The van der Waals surface area contributed by atoms with Crippen LogP contribution in [0.5, 0.6) is 0 Å². The van der Waals surface area contributed by atoms with E-state index in [1.807, 2.05) is 6.92 Å².